The zero-order chi connectivity index (χ0) is 16.7. The van der Waals surface area contributed by atoms with Gasteiger partial charge in [-0.2, -0.15) is 0 Å². The minimum Gasteiger partial charge on any atom is -0.357 e. The van der Waals surface area contributed by atoms with Crippen molar-refractivity contribution in [2.24, 2.45) is 0 Å². The number of anilines is 1. The Hall–Kier alpha value is -2.66. The molecule has 1 aliphatic rings. The second-order valence-corrected chi connectivity index (χ2v) is 6.84. The monoisotopic (exact) mass is 380 g/mol. The summed E-state index contributed by atoms with van der Waals surface area (Å²) in [5.74, 6) is 0. The lowest BCUT2D eigenvalue weighted by Gasteiger charge is -2.27. The molecule has 0 atom stereocenters. The molecule has 24 heavy (non-hydrogen) atoms. The molecular formula is C19H13BrN2O2. The first-order chi connectivity index (χ1) is 11.6. The zero-order valence-electron chi connectivity index (χ0n) is 12.6. The molecule has 4 nitrogen and oxygen atoms in total. The van der Waals surface area contributed by atoms with Gasteiger partial charge in [-0.05, 0) is 17.2 Å². The molecular weight excluding hydrogens is 368 g/mol. The van der Waals surface area contributed by atoms with Crippen molar-refractivity contribution in [3.05, 3.63) is 94.0 Å². The fourth-order valence-corrected chi connectivity index (χ4v) is 4.15. The Kier molecular flexibility index (Phi) is 3.39. The van der Waals surface area contributed by atoms with Gasteiger partial charge in [-0.3, -0.25) is 10.1 Å². The summed E-state index contributed by atoms with van der Waals surface area (Å²) in [5, 5.41) is 14.7. The summed E-state index contributed by atoms with van der Waals surface area (Å²) in [6.45, 7) is 0. The lowest BCUT2D eigenvalue weighted by atomic mass is 10.0. The molecule has 0 radical (unpaired) electrons. The summed E-state index contributed by atoms with van der Waals surface area (Å²) in [7, 11) is 0. The van der Waals surface area contributed by atoms with Crippen molar-refractivity contribution >= 4 is 27.3 Å². The van der Waals surface area contributed by atoms with E-state index in [1.807, 2.05) is 36.4 Å². The van der Waals surface area contributed by atoms with Crippen LogP contribution >= 0.6 is 15.9 Å². The van der Waals surface area contributed by atoms with Crippen LogP contribution in [-0.2, 0) is 4.45 Å². The lowest BCUT2D eigenvalue weighted by molar-refractivity contribution is -0.384. The van der Waals surface area contributed by atoms with Crippen LogP contribution in [-0.4, -0.2) is 4.92 Å². The van der Waals surface area contributed by atoms with Crippen LogP contribution in [0.4, 0.5) is 11.4 Å². The summed E-state index contributed by atoms with van der Waals surface area (Å²) in [5.41, 5.74) is 4.87. The van der Waals surface area contributed by atoms with E-state index in [9.17, 15) is 10.1 Å². The van der Waals surface area contributed by atoms with Crippen molar-refractivity contribution in [1.29, 1.82) is 0 Å². The SMILES string of the molecule is O=[N+]([O-])c1ccccc1NC1(Br)c2ccccc2-c2ccccc21. The number of benzene rings is 3. The van der Waals surface area contributed by atoms with Crippen molar-refractivity contribution in [3.8, 4) is 11.1 Å². The largest absolute Gasteiger partial charge is 0.357 e. The van der Waals surface area contributed by atoms with Crippen molar-refractivity contribution < 1.29 is 4.92 Å². The average Bonchev–Trinajstić information content (AvgIpc) is 2.85. The van der Waals surface area contributed by atoms with Gasteiger partial charge in [0.05, 0.1) is 4.92 Å². The number of fused-ring (bicyclic) bond motifs is 3. The van der Waals surface area contributed by atoms with E-state index in [1.165, 1.54) is 6.07 Å². The third-order valence-corrected chi connectivity index (χ3v) is 5.35. The standard InChI is InChI=1S/C19H13BrN2O2/c20-19(21-17-11-5-6-12-18(17)22(23)24)15-9-3-1-7-13(15)14-8-2-4-10-16(14)19/h1-12,21H. The maximum Gasteiger partial charge on any atom is 0.292 e. The van der Waals surface area contributed by atoms with Crippen LogP contribution < -0.4 is 5.32 Å². The van der Waals surface area contributed by atoms with Crippen LogP contribution in [0, 0.1) is 10.1 Å². The molecule has 1 N–H and O–H groups in total. The Morgan fingerprint density at radius 2 is 1.33 bits per heavy atom. The van der Waals surface area contributed by atoms with Crippen LogP contribution in [0.15, 0.2) is 72.8 Å². The molecule has 3 aromatic carbocycles. The normalized spacial score (nSPS) is 13.9. The molecule has 0 saturated heterocycles. The highest BCUT2D eigenvalue weighted by molar-refractivity contribution is 9.09. The summed E-state index contributed by atoms with van der Waals surface area (Å²) in [4.78, 5) is 11.0. The quantitative estimate of drug-likeness (QED) is 0.291. The number of hydrogen-bond donors (Lipinski definition) is 1. The molecule has 0 bridgehead atoms. The van der Waals surface area contributed by atoms with Crippen molar-refractivity contribution in [2.75, 3.05) is 5.32 Å². The van der Waals surface area contributed by atoms with E-state index in [0.717, 1.165) is 22.3 Å². The first-order valence-electron chi connectivity index (χ1n) is 7.51. The number of nitrogens with one attached hydrogen (secondary N) is 1. The predicted molar refractivity (Wildman–Crippen MR) is 98.3 cm³/mol. The molecule has 0 amide bonds. The predicted octanol–water partition coefficient (Wildman–Crippen LogP) is 5.28. The highest BCUT2D eigenvalue weighted by atomic mass is 79.9. The molecule has 5 heteroatoms. The maximum atomic E-state index is 11.3. The Morgan fingerprint density at radius 1 is 0.833 bits per heavy atom. The minimum absolute atomic E-state index is 0.0539. The number of halogens is 1. The van der Waals surface area contributed by atoms with Gasteiger partial charge in [0.15, 0.2) is 0 Å². The Morgan fingerprint density at radius 3 is 1.92 bits per heavy atom. The van der Waals surface area contributed by atoms with Crippen LogP contribution in [0.5, 0.6) is 0 Å². The van der Waals surface area contributed by atoms with E-state index < -0.39 is 4.45 Å². The molecule has 3 aromatic rings. The molecule has 118 valence electrons. The molecule has 0 heterocycles. The highest BCUT2D eigenvalue weighted by Gasteiger charge is 2.41. The Balaban J connectivity index is 1.91. The van der Waals surface area contributed by atoms with Crippen molar-refractivity contribution in [1.82, 2.24) is 0 Å². The number of nitro groups is 1. The number of para-hydroxylation sites is 2. The van der Waals surface area contributed by atoms with Gasteiger partial charge in [0.1, 0.15) is 10.1 Å². The summed E-state index contributed by atoms with van der Waals surface area (Å²) >= 11 is 3.83. The molecule has 0 fully saturated rings. The number of alkyl halides is 1. The molecule has 0 unspecified atom stereocenters. The smallest absolute Gasteiger partial charge is 0.292 e. The summed E-state index contributed by atoms with van der Waals surface area (Å²) < 4.78 is -0.702. The number of nitrogens with zero attached hydrogens (tertiary/aromatic N) is 1. The second-order valence-electron chi connectivity index (χ2n) is 5.65. The van der Waals surface area contributed by atoms with Crippen LogP contribution in [0.3, 0.4) is 0 Å². The first-order valence-corrected chi connectivity index (χ1v) is 8.30. The topological polar surface area (TPSA) is 55.2 Å². The van der Waals surface area contributed by atoms with Gasteiger partial charge in [-0.15, -0.1) is 0 Å². The van der Waals surface area contributed by atoms with Crippen molar-refractivity contribution in [3.63, 3.8) is 0 Å². The van der Waals surface area contributed by atoms with E-state index >= 15 is 0 Å². The molecule has 4 rings (SSSR count). The van der Waals surface area contributed by atoms with Gasteiger partial charge < -0.3 is 5.32 Å². The third-order valence-electron chi connectivity index (χ3n) is 4.29. The van der Waals surface area contributed by atoms with E-state index in [4.69, 9.17) is 0 Å². The minimum atomic E-state index is -0.702. The lowest BCUT2D eigenvalue weighted by Crippen LogP contribution is -2.27. The third kappa shape index (κ3) is 2.12. The molecule has 1 aliphatic carbocycles. The Bertz CT molecular complexity index is 910. The zero-order valence-corrected chi connectivity index (χ0v) is 14.2. The van der Waals surface area contributed by atoms with Gasteiger partial charge in [-0.1, -0.05) is 76.6 Å². The summed E-state index contributed by atoms with van der Waals surface area (Å²) in [6.07, 6.45) is 0. The van der Waals surface area contributed by atoms with Crippen molar-refractivity contribution in [2.45, 2.75) is 4.45 Å². The van der Waals surface area contributed by atoms with Crippen LogP contribution in [0.1, 0.15) is 11.1 Å². The van der Waals surface area contributed by atoms with Gasteiger partial charge in [0.25, 0.3) is 5.69 Å². The first kappa shape index (κ1) is 14.9. The fourth-order valence-electron chi connectivity index (χ4n) is 3.24. The number of hydrogen-bond acceptors (Lipinski definition) is 3. The molecule has 0 aliphatic heterocycles. The van der Waals surface area contributed by atoms with E-state index in [-0.39, 0.29) is 10.6 Å². The number of rotatable bonds is 3. The molecule has 0 saturated carbocycles. The van der Waals surface area contributed by atoms with E-state index in [0.29, 0.717) is 5.69 Å². The number of nitro benzene ring substituents is 1. The maximum absolute atomic E-state index is 11.3. The van der Waals surface area contributed by atoms with E-state index in [1.54, 1.807) is 18.2 Å². The molecule has 0 aromatic heterocycles. The second kappa shape index (κ2) is 5.46. The summed E-state index contributed by atoms with van der Waals surface area (Å²) in [6, 6.07) is 22.8. The van der Waals surface area contributed by atoms with Gasteiger partial charge in [0.2, 0.25) is 0 Å². The highest BCUT2D eigenvalue weighted by Crippen LogP contribution is 2.53. The van der Waals surface area contributed by atoms with E-state index in [2.05, 4.69) is 33.4 Å². The van der Waals surface area contributed by atoms with Crippen LogP contribution in [0.2, 0.25) is 0 Å². The van der Waals surface area contributed by atoms with Gasteiger partial charge in [0, 0.05) is 17.2 Å². The van der Waals surface area contributed by atoms with Crippen LogP contribution in [0.25, 0.3) is 11.1 Å². The fraction of sp³-hybridized carbons (Fsp3) is 0.0526. The van der Waals surface area contributed by atoms with Gasteiger partial charge >= 0.3 is 0 Å². The Labute approximate surface area is 147 Å². The molecule has 0 spiro atoms. The van der Waals surface area contributed by atoms with Gasteiger partial charge in [-0.25, -0.2) is 0 Å². The average molecular weight is 381 g/mol.